The highest BCUT2D eigenvalue weighted by molar-refractivity contribution is 5.79. The highest BCUT2D eigenvalue weighted by Crippen LogP contribution is 2.14. The Morgan fingerprint density at radius 3 is 2.56 bits per heavy atom. The minimum absolute atomic E-state index is 0.175. The van der Waals surface area contributed by atoms with E-state index in [9.17, 15) is 4.79 Å². The first-order valence-electron chi connectivity index (χ1n) is 6.76. The molecule has 1 fully saturated rings. The summed E-state index contributed by atoms with van der Waals surface area (Å²) in [5.41, 5.74) is 1.15. The van der Waals surface area contributed by atoms with Crippen molar-refractivity contribution in [3.8, 4) is 0 Å². The lowest BCUT2D eigenvalue weighted by molar-refractivity contribution is -0.124. The molecule has 0 aromatic heterocycles. The second kappa shape index (κ2) is 7.88. The first-order valence-corrected chi connectivity index (χ1v) is 6.76. The zero-order valence-corrected chi connectivity index (χ0v) is 11.6. The molecule has 1 aromatic rings. The van der Waals surface area contributed by atoms with Gasteiger partial charge in [0.05, 0.1) is 5.92 Å². The van der Waals surface area contributed by atoms with Gasteiger partial charge in [-0.25, -0.2) is 0 Å². The van der Waals surface area contributed by atoms with Gasteiger partial charge in [0.1, 0.15) is 0 Å². The Hall–Kier alpha value is -1.35. The van der Waals surface area contributed by atoms with Gasteiger partial charge in [-0.2, -0.15) is 0 Å². The van der Waals surface area contributed by atoms with Crippen LogP contribution in [0, 0.1) is 5.92 Å². The van der Waals surface area contributed by atoms with Crippen LogP contribution in [0.25, 0.3) is 0 Å². The van der Waals surface area contributed by atoms with Crippen molar-refractivity contribution >= 4 is 5.91 Å². The smallest absolute Gasteiger partial charge is 0.224 e. The fourth-order valence-electron chi connectivity index (χ4n) is 2.08. The van der Waals surface area contributed by atoms with Crippen molar-refractivity contribution in [2.45, 2.75) is 26.8 Å². The largest absolute Gasteiger partial charge is 0.352 e. The molecule has 1 N–H and O–H groups in total. The molecule has 1 saturated heterocycles. The minimum atomic E-state index is 0.175. The lowest BCUT2D eigenvalue weighted by Crippen LogP contribution is -2.31. The predicted molar refractivity (Wildman–Crippen MR) is 75.2 cm³/mol. The maximum atomic E-state index is 11.8. The summed E-state index contributed by atoms with van der Waals surface area (Å²) in [4.78, 5) is 14.0. The molecule has 1 atom stereocenters. The molecule has 1 heterocycles. The van der Waals surface area contributed by atoms with Crippen LogP contribution in [0.15, 0.2) is 30.3 Å². The van der Waals surface area contributed by atoms with Crippen molar-refractivity contribution in [3.63, 3.8) is 0 Å². The van der Waals surface area contributed by atoms with Crippen molar-refractivity contribution in [3.05, 3.63) is 35.9 Å². The summed E-state index contributed by atoms with van der Waals surface area (Å²) in [7, 11) is 2.06. The molecule has 2 rings (SSSR count). The third kappa shape index (κ3) is 4.49. The lowest BCUT2D eigenvalue weighted by Gasteiger charge is -2.11. The molecule has 0 spiro atoms. The number of nitrogens with zero attached hydrogens (tertiary/aromatic N) is 1. The van der Waals surface area contributed by atoms with Gasteiger partial charge in [0, 0.05) is 13.1 Å². The van der Waals surface area contributed by atoms with Gasteiger partial charge >= 0.3 is 0 Å². The van der Waals surface area contributed by atoms with Crippen LogP contribution in [0.4, 0.5) is 0 Å². The molecular formula is C15H24N2O. The third-order valence-corrected chi connectivity index (χ3v) is 3.07. The van der Waals surface area contributed by atoms with E-state index in [1.165, 1.54) is 0 Å². The molecule has 0 aliphatic carbocycles. The number of hydrogen-bond donors (Lipinski definition) is 1. The fraction of sp³-hybridized carbons (Fsp3) is 0.533. The molecule has 18 heavy (non-hydrogen) atoms. The molecule has 1 aliphatic rings. The van der Waals surface area contributed by atoms with Gasteiger partial charge in [0.25, 0.3) is 0 Å². The van der Waals surface area contributed by atoms with E-state index in [-0.39, 0.29) is 11.8 Å². The summed E-state index contributed by atoms with van der Waals surface area (Å²) in [6.45, 7) is 6.56. The lowest BCUT2D eigenvalue weighted by atomic mass is 10.1. The van der Waals surface area contributed by atoms with E-state index in [0.29, 0.717) is 6.54 Å². The maximum Gasteiger partial charge on any atom is 0.224 e. The normalized spacial score (nSPS) is 18.9. The molecule has 1 amide bonds. The van der Waals surface area contributed by atoms with E-state index in [2.05, 4.69) is 17.3 Å². The van der Waals surface area contributed by atoms with E-state index < -0.39 is 0 Å². The maximum absolute atomic E-state index is 11.8. The quantitative estimate of drug-likeness (QED) is 0.890. The van der Waals surface area contributed by atoms with E-state index in [1.54, 1.807) is 0 Å². The Bertz CT molecular complexity index is 351. The van der Waals surface area contributed by atoms with Gasteiger partial charge in [0.15, 0.2) is 0 Å². The van der Waals surface area contributed by atoms with Gasteiger partial charge in [-0.1, -0.05) is 44.2 Å². The van der Waals surface area contributed by atoms with Crippen LogP contribution < -0.4 is 5.32 Å². The average Bonchev–Trinajstić information content (AvgIpc) is 2.86. The van der Waals surface area contributed by atoms with Gasteiger partial charge in [-0.15, -0.1) is 0 Å². The van der Waals surface area contributed by atoms with E-state index >= 15 is 0 Å². The standard InChI is InChI=1S/C13H18N2O.C2H6/c1-15-8-7-12(10-15)13(16)14-9-11-5-3-2-4-6-11;1-2/h2-6,12H,7-10H2,1H3,(H,14,16);1-2H3. The number of carbonyl (C=O) groups is 1. The molecule has 1 aliphatic heterocycles. The average molecular weight is 248 g/mol. The van der Waals surface area contributed by atoms with E-state index in [4.69, 9.17) is 0 Å². The van der Waals surface area contributed by atoms with Crippen molar-refractivity contribution in [2.24, 2.45) is 5.92 Å². The third-order valence-electron chi connectivity index (χ3n) is 3.07. The highest BCUT2D eigenvalue weighted by atomic mass is 16.1. The van der Waals surface area contributed by atoms with Crippen LogP contribution in [-0.2, 0) is 11.3 Å². The second-order valence-corrected chi connectivity index (χ2v) is 4.45. The van der Waals surface area contributed by atoms with E-state index in [1.807, 2.05) is 44.2 Å². The van der Waals surface area contributed by atoms with Crippen molar-refractivity contribution < 1.29 is 4.79 Å². The molecule has 0 bridgehead atoms. The van der Waals surface area contributed by atoms with Crippen LogP contribution in [0.5, 0.6) is 0 Å². The second-order valence-electron chi connectivity index (χ2n) is 4.45. The van der Waals surface area contributed by atoms with Crippen LogP contribution in [0.3, 0.4) is 0 Å². The molecule has 3 heteroatoms. The Morgan fingerprint density at radius 1 is 1.33 bits per heavy atom. The topological polar surface area (TPSA) is 32.3 Å². The summed E-state index contributed by atoms with van der Waals surface area (Å²) < 4.78 is 0. The van der Waals surface area contributed by atoms with Gasteiger partial charge < -0.3 is 10.2 Å². The zero-order chi connectivity index (χ0) is 13.4. The van der Waals surface area contributed by atoms with Gasteiger partial charge in [-0.05, 0) is 25.6 Å². The van der Waals surface area contributed by atoms with Crippen LogP contribution in [-0.4, -0.2) is 30.9 Å². The molecule has 1 aromatic carbocycles. The van der Waals surface area contributed by atoms with Crippen LogP contribution >= 0.6 is 0 Å². The van der Waals surface area contributed by atoms with Crippen LogP contribution in [0.1, 0.15) is 25.8 Å². The highest BCUT2D eigenvalue weighted by Gasteiger charge is 2.25. The van der Waals surface area contributed by atoms with E-state index in [0.717, 1.165) is 25.1 Å². The number of amides is 1. The number of rotatable bonds is 3. The molecule has 100 valence electrons. The van der Waals surface area contributed by atoms with Crippen LogP contribution in [0.2, 0.25) is 0 Å². The molecule has 1 unspecified atom stereocenters. The molecule has 0 radical (unpaired) electrons. The Morgan fingerprint density at radius 2 is 2.00 bits per heavy atom. The number of hydrogen-bond acceptors (Lipinski definition) is 2. The number of benzene rings is 1. The zero-order valence-electron chi connectivity index (χ0n) is 11.6. The number of carbonyl (C=O) groups excluding carboxylic acids is 1. The van der Waals surface area contributed by atoms with Crippen molar-refractivity contribution in [1.82, 2.24) is 10.2 Å². The first kappa shape index (κ1) is 14.7. The molecule has 0 saturated carbocycles. The summed E-state index contributed by atoms with van der Waals surface area (Å²) in [5, 5.41) is 3.00. The Balaban J connectivity index is 0.000000771. The number of likely N-dealkylation sites (tertiary alicyclic amines) is 1. The Kier molecular flexibility index (Phi) is 6.44. The fourth-order valence-corrected chi connectivity index (χ4v) is 2.08. The van der Waals surface area contributed by atoms with Crippen molar-refractivity contribution in [2.75, 3.05) is 20.1 Å². The predicted octanol–water partition coefficient (Wildman–Crippen LogP) is 2.28. The summed E-state index contributed by atoms with van der Waals surface area (Å²) in [6.07, 6.45) is 0.983. The van der Waals surface area contributed by atoms with Gasteiger partial charge in [-0.3, -0.25) is 4.79 Å². The van der Waals surface area contributed by atoms with Gasteiger partial charge in [0.2, 0.25) is 5.91 Å². The SMILES string of the molecule is CC.CN1CCC(C(=O)NCc2ccccc2)C1. The first-order chi connectivity index (χ1) is 8.75. The minimum Gasteiger partial charge on any atom is -0.352 e. The summed E-state index contributed by atoms with van der Waals surface area (Å²) >= 11 is 0. The summed E-state index contributed by atoms with van der Waals surface area (Å²) in [6, 6.07) is 10.0. The molecular weight excluding hydrogens is 224 g/mol. The monoisotopic (exact) mass is 248 g/mol. The van der Waals surface area contributed by atoms with Crippen molar-refractivity contribution in [1.29, 1.82) is 0 Å². The Labute approximate surface area is 110 Å². The number of nitrogens with one attached hydrogen (secondary N) is 1. The summed E-state index contributed by atoms with van der Waals surface area (Å²) in [5.74, 6) is 0.363. The molecule has 3 nitrogen and oxygen atoms in total.